The van der Waals surface area contributed by atoms with Crippen LogP contribution in [0.3, 0.4) is 0 Å². The number of sulfonamides is 1. The van der Waals surface area contributed by atoms with Crippen LogP contribution in [0.25, 0.3) is 0 Å². The molecule has 1 fully saturated rings. The Morgan fingerprint density at radius 2 is 2.19 bits per heavy atom. The normalized spacial score (nSPS) is 18.5. The Kier molecular flexibility index (Phi) is 7.01. The molecule has 1 heterocycles. The van der Waals surface area contributed by atoms with Crippen molar-refractivity contribution in [2.45, 2.75) is 36.0 Å². The summed E-state index contributed by atoms with van der Waals surface area (Å²) in [5.41, 5.74) is -0.272. The number of carbonyl (C=O) groups is 1. The Morgan fingerprint density at radius 1 is 1.46 bits per heavy atom. The van der Waals surface area contributed by atoms with Crippen LogP contribution in [0.15, 0.2) is 28.0 Å². The molecule has 0 amide bonds. The molecular weight excluding hydrogens is 380 g/mol. The van der Waals surface area contributed by atoms with Gasteiger partial charge in [0.05, 0.1) is 28.2 Å². The Balaban J connectivity index is 2.24. The molecule has 1 aliphatic rings. The number of hydrogen-bond acceptors (Lipinski definition) is 7. The van der Waals surface area contributed by atoms with E-state index >= 15 is 0 Å². The van der Waals surface area contributed by atoms with Gasteiger partial charge in [0.2, 0.25) is 10.0 Å². The maximum Gasteiger partial charge on any atom is 0.306 e. The first-order valence-corrected chi connectivity index (χ1v) is 10.7. The van der Waals surface area contributed by atoms with Crippen LogP contribution < -0.4 is 0 Å². The first-order chi connectivity index (χ1) is 12.3. The number of methoxy groups -OCH3 is 1. The van der Waals surface area contributed by atoms with Crippen LogP contribution in [0.4, 0.5) is 5.69 Å². The number of thioether (sulfide) groups is 1. The van der Waals surface area contributed by atoms with E-state index in [9.17, 15) is 23.3 Å². The van der Waals surface area contributed by atoms with Gasteiger partial charge in [0.1, 0.15) is 0 Å². The molecule has 26 heavy (non-hydrogen) atoms. The van der Waals surface area contributed by atoms with Gasteiger partial charge in [-0.15, -0.1) is 11.8 Å². The Hall–Kier alpha value is -1.65. The molecule has 1 atom stereocenters. The summed E-state index contributed by atoms with van der Waals surface area (Å²) in [7, 11) is -2.49. The maximum atomic E-state index is 12.8. The molecule has 0 bridgehead atoms. The first kappa shape index (κ1) is 20.7. The van der Waals surface area contributed by atoms with E-state index in [1.807, 2.05) is 6.92 Å². The van der Waals surface area contributed by atoms with Gasteiger partial charge in [-0.2, -0.15) is 4.31 Å². The summed E-state index contributed by atoms with van der Waals surface area (Å²) in [6, 6.07) is 3.93. The smallest absolute Gasteiger partial charge is 0.306 e. The summed E-state index contributed by atoms with van der Waals surface area (Å²) in [6.45, 7) is 2.84. The van der Waals surface area contributed by atoms with Gasteiger partial charge >= 0.3 is 5.97 Å². The largest absolute Gasteiger partial charge is 0.469 e. The van der Waals surface area contributed by atoms with E-state index in [2.05, 4.69) is 4.74 Å². The van der Waals surface area contributed by atoms with Crippen molar-refractivity contribution in [1.82, 2.24) is 4.31 Å². The number of rotatable bonds is 7. The molecule has 0 unspecified atom stereocenters. The lowest BCUT2D eigenvalue weighted by molar-refractivity contribution is -0.388. The molecular formula is C16H22N2O6S2. The van der Waals surface area contributed by atoms with Crippen LogP contribution in [0.5, 0.6) is 0 Å². The summed E-state index contributed by atoms with van der Waals surface area (Å²) in [4.78, 5) is 22.2. The fourth-order valence-corrected chi connectivity index (χ4v) is 5.34. The average molecular weight is 402 g/mol. The predicted molar refractivity (Wildman–Crippen MR) is 97.6 cm³/mol. The first-order valence-electron chi connectivity index (χ1n) is 8.24. The molecule has 144 valence electrons. The van der Waals surface area contributed by atoms with Crippen molar-refractivity contribution in [2.75, 3.05) is 26.0 Å². The number of benzene rings is 1. The van der Waals surface area contributed by atoms with E-state index in [1.54, 1.807) is 0 Å². The highest BCUT2D eigenvalue weighted by atomic mass is 32.2. The molecule has 0 radical (unpaired) electrons. The molecule has 10 heteroatoms. The number of hydrogen-bond donors (Lipinski definition) is 0. The van der Waals surface area contributed by atoms with Gasteiger partial charge in [-0.3, -0.25) is 14.9 Å². The van der Waals surface area contributed by atoms with E-state index in [4.69, 9.17) is 0 Å². The number of ether oxygens (including phenoxy) is 1. The van der Waals surface area contributed by atoms with Crippen molar-refractivity contribution in [3.05, 3.63) is 28.3 Å². The van der Waals surface area contributed by atoms with Crippen molar-refractivity contribution in [2.24, 2.45) is 5.92 Å². The lowest BCUT2D eigenvalue weighted by Gasteiger charge is -2.30. The molecule has 1 aliphatic heterocycles. The second-order valence-electron chi connectivity index (χ2n) is 6.17. The minimum atomic E-state index is -3.76. The quantitative estimate of drug-likeness (QED) is 0.299. The molecule has 0 N–H and O–H groups in total. The molecule has 0 spiro atoms. The molecule has 2 rings (SSSR count). The summed E-state index contributed by atoms with van der Waals surface area (Å²) in [5.74, 6) is 0.170. The fourth-order valence-electron chi connectivity index (χ4n) is 2.78. The third-order valence-electron chi connectivity index (χ3n) is 4.18. The fraction of sp³-hybridized carbons (Fsp3) is 0.562. The third kappa shape index (κ3) is 4.95. The zero-order valence-corrected chi connectivity index (χ0v) is 16.3. The van der Waals surface area contributed by atoms with Crippen LogP contribution in [0.1, 0.15) is 26.2 Å². The summed E-state index contributed by atoms with van der Waals surface area (Å²) >= 11 is 1.12. The van der Waals surface area contributed by atoms with Gasteiger partial charge in [-0.1, -0.05) is 6.92 Å². The lowest BCUT2D eigenvalue weighted by atomic mass is 10.0. The number of nitro groups is 1. The van der Waals surface area contributed by atoms with Crippen molar-refractivity contribution in [3.8, 4) is 0 Å². The second kappa shape index (κ2) is 8.83. The highest BCUT2D eigenvalue weighted by Gasteiger charge is 2.30. The van der Waals surface area contributed by atoms with E-state index in [0.717, 1.165) is 30.7 Å². The summed E-state index contributed by atoms with van der Waals surface area (Å²) in [6.07, 6.45) is 1.87. The van der Waals surface area contributed by atoms with Gasteiger partial charge in [0.25, 0.3) is 5.69 Å². The minimum absolute atomic E-state index is 0.0735. The molecule has 0 aliphatic carbocycles. The molecule has 1 aromatic carbocycles. The van der Waals surface area contributed by atoms with Crippen molar-refractivity contribution in [3.63, 3.8) is 0 Å². The van der Waals surface area contributed by atoms with Crippen molar-refractivity contribution < 1.29 is 22.9 Å². The average Bonchev–Trinajstić information content (AvgIpc) is 2.61. The van der Waals surface area contributed by atoms with Gasteiger partial charge < -0.3 is 4.74 Å². The highest BCUT2D eigenvalue weighted by Crippen LogP contribution is 2.33. The zero-order chi connectivity index (χ0) is 19.3. The summed E-state index contributed by atoms with van der Waals surface area (Å²) in [5, 5.41) is 11.4. The number of esters is 1. The molecule has 8 nitrogen and oxygen atoms in total. The van der Waals surface area contributed by atoms with Gasteiger partial charge in [0, 0.05) is 24.9 Å². The van der Waals surface area contributed by atoms with Crippen LogP contribution in [0.2, 0.25) is 0 Å². The topological polar surface area (TPSA) is 107 Å². The number of carbonyl (C=O) groups excluding carboxylic acids is 1. The summed E-state index contributed by atoms with van der Waals surface area (Å²) < 4.78 is 31.5. The van der Waals surface area contributed by atoms with Crippen LogP contribution in [0, 0.1) is 16.0 Å². The number of nitrogens with zero attached hydrogens (tertiary/aromatic N) is 2. The highest BCUT2D eigenvalue weighted by molar-refractivity contribution is 7.99. The van der Waals surface area contributed by atoms with Gasteiger partial charge in [-0.05, 0) is 30.9 Å². The van der Waals surface area contributed by atoms with E-state index in [0.29, 0.717) is 23.7 Å². The molecule has 1 aromatic rings. The zero-order valence-electron chi connectivity index (χ0n) is 14.7. The van der Waals surface area contributed by atoms with Crippen LogP contribution in [-0.4, -0.2) is 49.6 Å². The van der Waals surface area contributed by atoms with Crippen molar-refractivity contribution >= 4 is 33.4 Å². The molecule has 0 aromatic heterocycles. The van der Waals surface area contributed by atoms with Crippen molar-refractivity contribution in [1.29, 1.82) is 0 Å². The number of piperidine rings is 1. The predicted octanol–water partition coefficient (Wildman–Crippen LogP) is 2.67. The van der Waals surface area contributed by atoms with E-state index in [1.165, 1.54) is 23.5 Å². The Bertz CT molecular complexity index is 781. The van der Waals surface area contributed by atoms with Crippen LogP contribution in [-0.2, 0) is 19.6 Å². The molecule has 1 saturated heterocycles. The van der Waals surface area contributed by atoms with Gasteiger partial charge in [-0.25, -0.2) is 8.42 Å². The Labute approximate surface area is 157 Å². The number of nitro benzene ring substituents is 1. The minimum Gasteiger partial charge on any atom is -0.469 e. The lowest BCUT2D eigenvalue weighted by Crippen LogP contribution is -2.39. The van der Waals surface area contributed by atoms with E-state index < -0.39 is 20.9 Å². The molecule has 0 saturated carbocycles. The third-order valence-corrected chi connectivity index (χ3v) is 7.10. The van der Waals surface area contributed by atoms with Crippen LogP contribution >= 0.6 is 11.8 Å². The van der Waals surface area contributed by atoms with E-state index in [-0.39, 0.29) is 22.9 Å². The maximum absolute atomic E-state index is 12.8. The Morgan fingerprint density at radius 3 is 2.81 bits per heavy atom. The van der Waals surface area contributed by atoms with Gasteiger partial charge in [0.15, 0.2) is 0 Å². The monoisotopic (exact) mass is 402 g/mol. The second-order valence-corrected chi connectivity index (χ2v) is 9.25. The SMILES string of the molecule is COC(=O)CCSc1ccc(S(=O)(=O)N2CCC[C@@H](C)C2)cc1[N+](=O)[O-]. The standard InChI is InChI=1S/C16H22N2O6S2/c1-12-4-3-8-17(11-12)26(22,23)13-5-6-15(14(10-13)18(20)21)25-9-7-16(19)24-2/h5-6,10,12H,3-4,7-9,11H2,1-2H3/t12-/m1/s1.